The molecule has 4 rings (SSSR count). The SMILES string of the molecule is Nc1cccc2c1CCCN2Cc1nc(-c2ccc(Br)s2)no1. The summed E-state index contributed by atoms with van der Waals surface area (Å²) < 4.78 is 6.49. The third-order valence-corrected chi connectivity index (χ3v) is 5.59. The first kappa shape index (κ1) is 14.7. The van der Waals surface area contributed by atoms with E-state index in [0.717, 1.165) is 33.7 Å². The van der Waals surface area contributed by atoms with E-state index >= 15 is 0 Å². The first-order chi connectivity index (χ1) is 11.2. The predicted molar refractivity (Wildman–Crippen MR) is 95.5 cm³/mol. The Morgan fingerprint density at radius 1 is 1.30 bits per heavy atom. The molecule has 23 heavy (non-hydrogen) atoms. The Morgan fingerprint density at radius 3 is 3.04 bits per heavy atom. The molecule has 3 heterocycles. The van der Waals surface area contributed by atoms with Crippen LogP contribution in [0.2, 0.25) is 0 Å². The topological polar surface area (TPSA) is 68.2 Å². The molecule has 0 aliphatic carbocycles. The van der Waals surface area contributed by atoms with Gasteiger partial charge in [-0.05, 0) is 58.6 Å². The fourth-order valence-electron chi connectivity index (χ4n) is 2.91. The lowest BCUT2D eigenvalue weighted by molar-refractivity contribution is 0.375. The zero-order valence-electron chi connectivity index (χ0n) is 12.3. The van der Waals surface area contributed by atoms with E-state index in [1.807, 2.05) is 24.3 Å². The minimum absolute atomic E-state index is 0.607. The highest BCUT2D eigenvalue weighted by Gasteiger charge is 2.21. The zero-order valence-corrected chi connectivity index (χ0v) is 14.7. The zero-order chi connectivity index (χ0) is 15.8. The molecule has 3 aromatic rings. The summed E-state index contributed by atoms with van der Waals surface area (Å²) in [6, 6.07) is 10.0. The number of halogens is 1. The molecule has 118 valence electrons. The van der Waals surface area contributed by atoms with Crippen molar-refractivity contribution in [1.29, 1.82) is 0 Å². The van der Waals surface area contributed by atoms with Gasteiger partial charge in [-0.3, -0.25) is 0 Å². The molecule has 0 amide bonds. The molecule has 2 aromatic heterocycles. The van der Waals surface area contributed by atoms with Crippen LogP contribution in [0.3, 0.4) is 0 Å². The van der Waals surface area contributed by atoms with E-state index in [4.69, 9.17) is 10.3 Å². The highest BCUT2D eigenvalue weighted by Crippen LogP contribution is 2.33. The second-order valence-corrected chi connectivity index (χ2v) is 7.95. The summed E-state index contributed by atoms with van der Waals surface area (Å²) in [5.41, 5.74) is 9.36. The number of benzene rings is 1. The molecular formula is C16H15BrN4OS. The summed E-state index contributed by atoms with van der Waals surface area (Å²) in [6.07, 6.45) is 2.11. The van der Waals surface area contributed by atoms with Crippen molar-refractivity contribution in [3.05, 3.63) is 45.6 Å². The Kier molecular flexibility index (Phi) is 3.82. The fraction of sp³-hybridized carbons (Fsp3) is 0.250. The standard InChI is InChI=1S/C16H15BrN4OS/c17-14-7-6-13(23-14)16-19-15(22-20-16)9-21-8-2-3-10-11(18)4-1-5-12(10)21/h1,4-7H,2-3,8-9,18H2. The molecule has 2 N–H and O–H groups in total. The van der Waals surface area contributed by atoms with Gasteiger partial charge in [0.05, 0.1) is 15.2 Å². The number of nitrogen functional groups attached to an aromatic ring is 1. The highest BCUT2D eigenvalue weighted by atomic mass is 79.9. The first-order valence-corrected chi connectivity index (χ1v) is 9.02. The van der Waals surface area contributed by atoms with Crippen molar-refractivity contribution >= 4 is 38.6 Å². The predicted octanol–water partition coefficient (Wildman–Crippen LogP) is 4.10. The number of fused-ring (bicyclic) bond motifs is 1. The van der Waals surface area contributed by atoms with E-state index in [1.54, 1.807) is 11.3 Å². The van der Waals surface area contributed by atoms with Crippen LogP contribution in [0.4, 0.5) is 11.4 Å². The lowest BCUT2D eigenvalue weighted by atomic mass is 10.00. The fourth-order valence-corrected chi connectivity index (χ4v) is 4.22. The van der Waals surface area contributed by atoms with Crippen LogP contribution in [0.5, 0.6) is 0 Å². The minimum atomic E-state index is 0.607. The molecule has 0 unspecified atom stereocenters. The monoisotopic (exact) mass is 390 g/mol. The Labute approximate surface area is 146 Å². The molecule has 0 atom stereocenters. The summed E-state index contributed by atoms with van der Waals surface area (Å²) in [4.78, 5) is 7.78. The molecule has 0 bridgehead atoms. The van der Waals surface area contributed by atoms with Crippen molar-refractivity contribution in [1.82, 2.24) is 10.1 Å². The van der Waals surface area contributed by atoms with Gasteiger partial charge in [-0.2, -0.15) is 4.98 Å². The average Bonchev–Trinajstić information content (AvgIpc) is 3.17. The van der Waals surface area contributed by atoms with Crippen LogP contribution in [0.1, 0.15) is 17.9 Å². The number of thiophene rings is 1. The van der Waals surface area contributed by atoms with Gasteiger partial charge in [-0.25, -0.2) is 0 Å². The van der Waals surface area contributed by atoms with Crippen LogP contribution < -0.4 is 10.6 Å². The lowest BCUT2D eigenvalue weighted by Crippen LogP contribution is -2.29. The highest BCUT2D eigenvalue weighted by molar-refractivity contribution is 9.11. The van der Waals surface area contributed by atoms with Gasteiger partial charge in [0.2, 0.25) is 11.7 Å². The van der Waals surface area contributed by atoms with Crippen molar-refractivity contribution in [3.63, 3.8) is 0 Å². The van der Waals surface area contributed by atoms with Crippen LogP contribution in [-0.4, -0.2) is 16.7 Å². The molecule has 0 fully saturated rings. The number of aromatic nitrogens is 2. The van der Waals surface area contributed by atoms with Crippen LogP contribution >= 0.6 is 27.3 Å². The average molecular weight is 391 g/mol. The largest absolute Gasteiger partial charge is 0.398 e. The van der Waals surface area contributed by atoms with Crippen molar-refractivity contribution in [3.8, 4) is 10.7 Å². The summed E-state index contributed by atoms with van der Waals surface area (Å²) in [5.74, 6) is 1.26. The summed E-state index contributed by atoms with van der Waals surface area (Å²) in [6.45, 7) is 1.58. The molecule has 0 saturated heterocycles. The van der Waals surface area contributed by atoms with Crippen molar-refractivity contribution in [2.75, 3.05) is 17.2 Å². The smallest absolute Gasteiger partial charge is 0.246 e. The third kappa shape index (κ3) is 2.86. The van der Waals surface area contributed by atoms with E-state index in [0.29, 0.717) is 18.3 Å². The van der Waals surface area contributed by atoms with Crippen molar-refractivity contribution in [2.45, 2.75) is 19.4 Å². The minimum Gasteiger partial charge on any atom is -0.398 e. The van der Waals surface area contributed by atoms with Crippen LogP contribution in [-0.2, 0) is 13.0 Å². The maximum atomic E-state index is 6.10. The Hall–Kier alpha value is -1.86. The summed E-state index contributed by atoms with van der Waals surface area (Å²) in [7, 11) is 0. The van der Waals surface area contributed by atoms with Crippen molar-refractivity contribution < 1.29 is 4.52 Å². The number of hydrogen-bond donors (Lipinski definition) is 1. The summed E-state index contributed by atoms with van der Waals surface area (Å²) >= 11 is 5.05. The Balaban J connectivity index is 1.58. The molecule has 5 nitrogen and oxygen atoms in total. The van der Waals surface area contributed by atoms with Crippen LogP contribution in [0, 0.1) is 0 Å². The quantitative estimate of drug-likeness (QED) is 0.681. The van der Waals surface area contributed by atoms with Gasteiger partial charge < -0.3 is 15.2 Å². The molecule has 0 spiro atoms. The van der Waals surface area contributed by atoms with E-state index in [-0.39, 0.29) is 0 Å². The van der Waals surface area contributed by atoms with Gasteiger partial charge in [0.1, 0.15) is 0 Å². The van der Waals surface area contributed by atoms with Gasteiger partial charge in [-0.15, -0.1) is 11.3 Å². The second-order valence-electron chi connectivity index (χ2n) is 5.49. The first-order valence-electron chi connectivity index (χ1n) is 7.41. The number of nitrogens with two attached hydrogens (primary N) is 1. The molecule has 1 aliphatic heterocycles. The number of hydrogen-bond acceptors (Lipinski definition) is 6. The number of rotatable bonds is 3. The summed E-state index contributed by atoms with van der Waals surface area (Å²) in [5, 5.41) is 4.09. The normalized spacial score (nSPS) is 14.0. The van der Waals surface area contributed by atoms with Crippen LogP contribution in [0.15, 0.2) is 38.6 Å². The maximum absolute atomic E-state index is 6.10. The van der Waals surface area contributed by atoms with Gasteiger partial charge in [-0.1, -0.05) is 11.2 Å². The third-order valence-electron chi connectivity index (χ3n) is 3.97. The van der Waals surface area contributed by atoms with E-state index in [2.05, 4.69) is 37.0 Å². The second kappa shape index (κ2) is 5.98. The molecule has 1 aliphatic rings. The molecule has 0 radical (unpaired) electrons. The van der Waals surface area contributed by atoms with E-state index in [1.165, 1.54) is 11.3 Å². The maximum Gasteiger partial charge on any atom is 0.246 e. The molecule has 7 heteroatoms. The van der Waals surface area contributed by atoms with E-state index in [9.17, 15) is 0 Å². The molecule has 1 aromatic carbocycles. The Bertz CT molecular complexity index is 844. The van der Waals surface area contributed by atoms with Gasteiger partial charge in [0, 0.05) is 17.9 Å². The molecular weight excluding hydrogens is 376 g/mol. The van der Waals surface area contributed by atoms with Gasteiger partial charge in [0.15, 0.2) is 0 Å². The number of anilines is 2. The van der Waals surface area contributed by atoms with Gasteiger partial charge >= 0.3 is 0 Å². The lowest BCUT2D eigenvalue weighted by Gasteiger charge is -2.30. The van der Waals surface area contributed by atoms with Crippen LogP contribution in [0.25, 0.3) is 10.7 Å². The van der Waals surface area contributed by atoms with Gasteiger partial charge in [0.25, 0.3) is 0 Å². The number of nitrogens with zero attached hydrogens (tertiary/aromatic N) is 3. The van der Waals surface area contributed by atoms with E-state index < -0.39 is 0 Å². The Morgan fingerprint density at radius 2 is 2.22 bits per heavy atom. The molecule has 0 saturated carbocycles. The van der Waals surface area contributed by atoms with Crippen molar-refractivity contribution in [2.24, 2.45) is 0 Å².